The summed E-state index contributed by atoms with van der Waals surface area (Å²) < 4.78 is 2.05. The number of aliphatic hydroxyl groups is 1. The molecule has 0 saturated carbocycles. The number of hydrogen-bond acceptors (Lipinski definition) is 2. The number of nitrogens with zero attached hydrogens (tertiary/aromatic N) is 1. The molecule has 1 heterocycles. The summed E-state index contributed by atoms with van der Waals surface area (Å²) in [6.45, 7) is 0.739. The summed E-state index contributed by atoms with van der Waals surface area (Å²) in [5, 5.41) is 12.3. The first-order chi connectivity index (χ1) is 9.79. The number of amides is 1. The fraction of sp³-hybridized carbons (Fsp3) is 0.312. The average molecular weight is 272 g/mol. The van der Waals surface area contributed by atoms with Crippen LogP contribution in [0, 0.1) is 0 Å². The molecule has 4 heteroatoms. The summed E-state index contributed by atoms with van der Waals surface area (Å²) >= 11 is 0. The van der Waals surface area contributed by atoms with E-state index in [2.05, 4.69) is 5.32 Å². The molecular weight excluding hydrogens is 252 g/mol. The van der Waals surface area contributed by atoms with E-state index >= 15 is 0 Å². The normalized spacial score (nSPS) is 12.1. The van der Waals surface area contributed by atoms with Gasteiger partial charge in [-0.05, 0) is 24.1 Å². The van der Waals surface area contributed by atoms with Gasteiger partial charge in [0, 0.05) is 25.4 Å². The summed E-state index contributed by atoms with van der Waals surface area (Å²) in [4.78, 5) is 11.9. The van der Waals surface area contributed by atoms with Gasteiger partial charge in [-0.25, -0.2) is 0 Å². The van der Waals surface area contributed by atoms with E-state index in [9.17, 15) is 9.90 Å². The van der Waals surface area contributed by atoms with Gasteiger partial charge in [-0.1, -0.05) is 30.3 Å². The highest BCUT2D eigenvalue weighted by Crippen LogP contribution is 2.12. The van der Waals surface area contributed by atoms with Gasteiger partial charge in [-0.15, -0.1) is 0 Å². The van der Waals surface area contributed by atoms with Gasteiger partial charge in [0.05, 0.1) is 12.6 Å². The first kappa shape index (κ1) is 14.3. The minimum atomic E-state index is -0.324. The van der Waals surface area contributed by atoms with Crippen LogP contribution >= 0.6 is 0 Å². The second kappa shape index (κ2) is 7.50. The summed E-state index contributed by atoms with van der Waals surface area (Å²) in [6.07, 6.45) is 5.21. The number of benzene rings is 1. The maximum atomic E-state index is 11.9. The van der Waals surface area contributed by atoms with E-state index < -0.39 is 0 Å². The van der Waals surface area contributed by atoms with Gasteiger partial charge in [-0.3, -0.25) is 4.79 Å². The van der Waals surface area contributed by atoms with Crippen molar-refractivity contribution in [2.75, 3.05) is 6.61 Å². The largest absolute Gasteiger partial charge is 0.394 e. The fourth-order valence-corrected chi connectivity index (χ4v) is 2.13. The van der Waals surface area contributed by atoms with Crippen LogP contribution in [0.3, 0.4) is 0 Å². The second-order valence-electron chi connectivity index (χ2n) is 4.74. The maximum absolute atomic E-state index is 11.9. The van der Waals surface area contributed by atoms with E-state index in [1.54, 1.807) is 0 Å². The minimum Gasteiger partial charge on any atom is -0.394 e. The molecule has 2 N–H and O–H groups in total. The molecular formula is C16H20N2O2. The number of aryl methyl sites for hydroxylation is 1. The van der Waals surface area contributed by atoms with Crippen LogP contribution in [-0.2, 0) is 11.3 Å². The van der Waals surface area contributed by atoms with Crippen molar-refractivity contribution < 1.29 is 9.90 Å². The highest BCUT2D eigenvalue weighted by Gasteiger charge is 2.12. The molecule has 4 nitrogen and oxygen atoms in total. The molecule has 0 saturated heterocycles. The monoisotopic (exact) mass is 272 g/mol. The number of nitrogens with one attached hydrogen (secondary N) is 1. The molecule has 0 spiro atoms. The number of rotatable bonds is 7. The van der Waals surface area contributed by atoms with Crippen LogP contribution in [0.1, 0.15) is 24.4 Å². The lowest BCUT2D eigenvalue weighted by Crippen LogP contribution is -2.30. The average Bonchev–Trinajstić information content (AvgIpc) is 2.99. The zero-order valence-corrected chi connectivity index (χ0v) is 11.4. The van der Waals surface area contributed by atoms with Crippen LogP contribution in [0.25, 0.3) is 0 Å². The quantitative estimate of drug-likeness (QED) is 0.811. The molecule has 1 atom stereocenters. The third kappa shape index (κ3) is 4.24. The Labute approximate surface area is 119 Å². The van der Waals surface area contributed by atoms with Crippen LogP contribution in [0.5, 0.6) is 0 Å². The molecule has 2 aromatic rings. The molecule has 1 aromatic heterocycles. The smallest absolute Gasteiger partial charge is 0.220 e. The topological polar surface area (TPSA) is 54.3 Å². The number of carbonyl (C=O) groups is 1. The second-order valence-corrected chi connectivity index (χ2v) is 4.74. The van der Waals surface area contributed by atoms with Crippen LogP contribution < -0.4 is 5.32 Å². The third-order valence-electron chi connectivity index (χ3n) is 3.21. The summed E-state index contributed by atoms with van der Waals surface area (Å²) in [7, 11) is 0. The molecule has 1 unspecified atom stereocenters. The molecule has 1 aromatic carbocycles. The van der Waals surface area contributed by atoms with Crippen molar-refractivity contribution in [1.29, 1.82) is 0 Å². The van der Waals surface area contributed by atoms with Gasteiger partial charge < -0.3 is 15.0 Å². The van der Waals surface area contributed by atoms with Crippen LogP contribution in [0.4, 0.5) is 0 Å². The Bertz CT molecular complexity index is 509. The number of aliphatic hydroxyl groups excluding tert-OH is 1. The highest BCUT2D eigenvalue weighted by atomic mass is 16.3. The Morgan fingerprint density at radius 3 is 2.50 bits per heavy atom. The molecule has 106 valence electrons. The predicted molar refractivity (Wildman–Crippen MR) is 78.1 cm³/mol. The van der Waals surface area contributed by atoms with Gasteiger partial charge in [0.25, 0.3) is 0 Å². The van der Waals surface area contributed by atoms with Crippen molar-refractivity contribution >= 4 is 5.91 Å². The Morgan fingerprint density at radius 1 is 1.15 bits per heavy atom. The molecule has 0 aliphatic rings. The van der Waals surface area contributed by atoms with Gasteiger partial charge in [0.2, 0.25) is 5.91 Å². The zero-order chi connectivity index (χ0) is 14.2. The Balaban J connectivity index is 1.78. The molecule has 0 aliphatic heterocycles. The summed E-state index contributed by atoms with van der Waals surface area (Å²) in [6, 6.07) is 13.1. The van der Waals surface area contributed by atoms with Crippen molar-refractivity contribution in [2.24, 2.45) is 0 Å². The number of aromatic nitrogens is 1. The molecule has 0 aliphatic carbocycles. The van der Waals surface area contributed by atoms with Crippen molar-refractivity contribution in [3.05, 3.63) is 60.4 Å². The fourth-order valence-electron chi connectivity index (χ4n) is 2.13. The molecule has 1 amide bonds. The Kier molecular flexibility index (Phi) is 5.38. The van der Waals surface area contributed by atoms with E-state index in [-0.39, 0.29) is 18.6 Å². The first-order valence-corrected chi connectivity index (χ1v) is 6.85. The third-order valence-corrected chi connectivity index (χ3v) is 3.21. The van der Waals surface area contributed by atoms with Gasteiger partial charge >= 0.3 is 0 Å². The van der Waals surface area contributed by atoms with E-state index in [1.807, 2.05) is 59.4 Å². The Morgan fingerprint density at radius 2 is 1.85 bits per heavy atom. The van der Waals surface area contributed by atoms with Crippen molar-refractivity contribution in [2.45, 2.75) is 25.4 Å². The van der Waals surface area contributed by atoms with Crippen molar-refractivity contribution in [1.82, 2.24) is 9.88 Å². The Hall–Kier alpha value is -2.07. The lowest BCUT2D eigenvalue weighted by Gasteiger charge is -2.16. The number of hydrogen-bond donors (Lipinski definition) is 2. The van der Waals surface area contributed by atoms with Gasteiger partial charge in [0.15, 0.2) is 0 Å². The predicted octanol–water partition coefficient (Wildman–Crippen LogP) is 2.12. The van der Waals surface area contributed by atoms with E-state index in [4.69, 9.17) is 0 Å². The number of carbonyl (C=O) groups excluding carboxylic acids is 1. The first-order valence-electron chi connectivity index (χ1n) is 6.85. The molecule has 2 rings (SSSR count). The standard InChI is InChI=1S/C16H20N2O2/c19-13-15(14-7-2-1-3-8-14)17-16(20)9-6-12-18-10-4-5-11-18/h1-5,7-8,10-11,15,19H,6,9,12-13H2,(H,17,20). The van der Waals surface area contributed by atoms with E-state index in [0.717, 1.165) is 18.5 Å². The van der Waals surface area contributed by atoms with Gasteiger partial charge in [-0.2, -0.15) is 0 Å². The molecule has 20 heavy (non-hydrogen) atoms. The minimum absolute atomic E-state index is 0.0277. The molecule has 0 radical (unpaired) electrons. The molecule has 0 bridgehead atoms. The van der Waals surface area contributed by atoms with Gasteiger partial charge in [0.1, 0.15) is 0 Å². The maximum Gasteiger partial charge on any atom is 0.220 e. The van der Waals surface area contributed by atoms with E-state index in [1.165, 1.54) is 0 Å². The summed E-state index contributed by atoms with van der Waals surface area (Å²) in [5.74, 6) is -0.0277. The van der Waals surface area contributed by atoms with Crippen molar-refractivity contribution in [3.63, 3.8) is 0 Å². The zero-order valence-electron chi connectivity index (χ0n) is 11.4. The lowest BCUT2D eigenvalue weighted by atomic mass is 10.1. The SMILES string of the molecule is O=C(CCCn1cccc1)NC(CO)c1ccccc1. The lowest BCUT2D eigenvalue weighted by molar-refractivity contribution is -0.122. The van der Waals surface area contributed by atoms with Crippen molar-refractivity contribution in [3.8, 4) is 0 Å². The van der Waals surface area contributed by atoms with Crippen LogP contribution in [0.15, 0.2) is 54.9 Å². The van der Waals surface area contributed by atoms with Crippen LogP contribution in [0.2, 0.25) is 0 Å². The summed E-state index contributed by atoms with van der Waals surface area (Å²) in [5.41, 5.74) is 0.925. The van der Waals surface area contributed by atoms with Crippen LogP contribution in [-0.4, -0.2) is 22.2 Å². The molecule has 0 fully saturated rings. The highest BCUT2D eigenvalue weighted by molar-refractivity contribution is 5.76. The van der Waals surface area contributed by atoms with E-state index in [0.29, 0.717) is 6.42 Å².